The first-order chi connectivity index (χ1) is 14.0. The summed E-state index contributed by atoms with van der Waals surface area (Å²) in [6.07, 6.45) is 0. The van der Waals surface area contributed by atoms with Crippen molar-refractivity contribution in [1.29, 1.82) is 0 Å². The van der Waals surface area contributed by atoms with Gasteiger partial charge in [0.25, 0.3) is 0 Å². The average molecular weight is 528 g/mol. The Kier molecular flexibility index (Phi) is 11.3. The van der Waals surface area contributed by atoms with Crippen molar-refractivity contribution in [3.63, 3.8) is 0 Å². The highest BCUT2D eigenvalue weighted by Crippen LogP contribution is 2.30. The number of guanidine groups is 1. The van der Waals surface area contributed by atoms with Crippen LogP contribution in [0.3, 0.4) is 0 Å². The molecule has 2 N–H and O–H groups in total. The van der Waals surface area contributed by atoms with Crippen molar-refractivity contribution in [2.75, 3.05) is 53.8 Å². The molecule has 0 aromatic heterocycles. The topological polar surface area (TPSA) is 67.3 Å². The molecule has 0 aliphatic heterocycles. The van der Waals surface area contributed by atoms with Crippen LogP contribution < -0.4 is 24.8 Å². The monoisotopic (exact) mass is 528 g/mol. The van der Waals surface area contributed by atoms with E-state index in [0.29, 0.717) is 30.6 Å². The van der Waals surface area contributed by atoms with Crippen LogP contribution in [0.4, 0.5) is 5.69 Å². The highest BCUT2D eigenvalue weighted by atomic mass is 127. The number of para-hydroxylation sites is 1. The minimum Gasteiger partial charge on any atom is -0.496 e. The number of methoxy groups -OCH3 is 2. The van der Waals surface area contributed by atoms with Crippen molar-refractivity contribution >= 4 is 35.6 Å². The third-order valence-corrected chi connectivity index (χ3v) is 4.53. The Balaban J connectivity index is 0.00000450. The maximum atomic E-state index is 5.65. The first kappa shape index (κ1) is 25.8. The van der Waals surface area contributed by atoms with Gasteiger partial charge in [-0.25, -0.2) is 0 Å². The zero-order valence-corrected chi connectivity index (χ0v) is 20.9. The number of ether oxygens (including phenoxy) is 3. The lowest BCUT2D eigenvalue weighted by atomic mass is 10.0. The molecule has 0 bridgehead atoms. The Labute approximate surface area is 196 Å². The molecular weight excluding hydrogens is 495 g/mol. The third-order valence-electron chi connectivity index (χ3n) is 4.53. The fraction of sp³-hybridized carbons (Fsp3) is 0.409. The summed E-state index contributed by atoms with van der Waals surface area (Å²) in [7, 11) is 9.17. The summed E-state index contributed by atoms with van der Waals surface area (Å²) in [5, 5.41) is 6.71. The molecule has 0 fully saturated rings. The lowest BCUT2D eigenvalue weighted by molar-refractivity contribution is 0.288. The lowest BCUT2D eigenvalue weighted by Crippen LogP contribution is -2.38. The molecule has 0 radical (unpaired) electrons. The predicted molar refractivity (Wildman–Crippen MR) is 134 cm³/mol. The Morgan fingerprint density at radius 1 is 1.03 bits per heavy atom. The van der Waals surface area contributed by atoms with Crippen molar-refractivity contribution in [3.05, 3.63) is 48.0 Å². The zero-order chi connectivity index (χ0) is 21.2. The predicted octanol–water partition coefficient (Wildman–Crippen LogP) is 4.01. The Morgan fingerprint density at radius 2 is 1.73 bits per heavy atom. The molecule has 1 atom stereocenters. The summed E-state index contributed by atoms with van der Waals surface area (Å²) in [5.41, 5.74) is 1.98. The van der Waals surface area contributed by atoms with Crippen molar-refractivity contribution in [2.45, 2.75) is 13.0 Å². The normalized spacial score (nSPS) is 12.0. The van der Waals surface area contributed by atoms with Crippen molar-refractivity contribution < 1.29 is 14.2 Å². The van der Waals surface area contributed by atoms with Gasteiger partial charge in [0, 0.05) is 30.9 Å². The highest BCUT2D eigenvalue weighted by Gasteiger charge is 2.18. The summed E-state index contributed by atoms with van der Waals surface area (Å²) >= 11 is 0. The molecule has 0 heterocycles. The van der Waals surface area contributed by atoms with Crippen LogP contribution in [0.25, 0.3) is 0 Å². The molecular formula is C22H33IN4O3. The number of nitrogens with zero attached hydrogens (tertiary/aromatic N) is 2. The summed E-state index contributed by atoms with van der Waals surface area (Å²) < 4.78 is 16.5. The van der Waals surface area contributed by atoms with E-state index in [0.717, 1.165) is 17.0 Å². The highest BCUT2D eigenvalue weighted by molar-refractivity contribution is 14.0. The van der Waals surface area contributed by atoms with Crippen LogP contribution in [0.2, 0.25) is 0 Å². The van der Waals surface area contributed by atoms with Gasteiger partial charge in [-0.05, 0) is 39.2 Å². The second-order valence-corrected chi connectivity index (χ2v) is 6.60. The van der Waals surface area contributed by atoms with Crippen molar-refractivity contribution in [2.24, 2.45) is 4.99 Å². The molecule has 0 aliphatic carbocycles. The molecule has 30 heavy (non-hydrogen) atoms. The van der Waals surface area contributed by atoms with E-state index in [1.807, 2.05) is 57.4 Å². The van der Waals surface area contributed by atoms with E-state index in [2.05, 4.69) is 26.6 Å². The number of hydrogen-bond donors (Lipinski definition) is 2. The average Bonchev–Trinajstić information content (AvgIpc) is 2.73. The number of nitrogens with one attached hydrogen (secondary N) is 2. The largest absolute Gasteiger partial charge is 0.496 e. The van der Waals surface area contributed by atoms with Gasteiger partial charge in [0.15, 0.2) is 17.5 Å². The van der Waals surface area contributed by atoms with Crippen LogP contribution in [-0.4, -0.2) is 59.4 Å². The van der Waals surface area contributed by atoms with Crippen LogP contribution in [0, 0.1) is 0 Å². The van der Waals surface area contributed by atoms with Gasteiger partial charge in [-0.3, -0.25) is 4.99 Å². The van der Waals surface area contributed by atoms with E-state index in [1.54, 1.807) is 21.3 Å². The number of likely N-dealkylation sites (N-methyl/N-ethyl adjacent to an activating group) is 1. The van der Waals surface area contributed by atoms with E-state index in [1.165, 1.54) is 0 Å². The van der Waals surface area contributed by atoms with E-state index in [9.17, 15) is 0 Å². The van der Waals surface area contributed by atoms with Gasteiger partial charge in [0.05, 0.1) is 26.9 Å². The smallest absolute Gasteiger partial charge is 0.195 e. The summed E-state index contributed by atoms with van der Waals surface area (Å²) in [6, 6.07) is 13.9. The minimum absolute atomic E-state index is 0. The lowest BCUT2D eigenvalue weighted by Gasteiger charge is -2.27. The van der Waals surface area contributed by atoms with Crippen molar-refractivity contribution in [3.8, 4) is 17.2 Å². The summed E-state index contributed by atoms with van der Waals surface area (Å²) in [4.78, 5) is 6.49. The van der Waals surface area contributed by atoms with E-state index >= 15 is 0 Å². The van der Waals surface area contributed by atoms with E-state index < -0.39 is 0 Å². The molecule has 0 aliphatic rings. The minimum atomic E-state index is 0. The second kappa shape index (κ2) is 13.2. The van der Waals surface area contributed by atoms with Gasteiger partial charge in [0.2, 0.25) is 0 Å². The van der Waals surface area contributed by atoms with Crippen molar-refractivity contribution in [1.82, 2.24) is 10.2 Å². The van der Waals surface area contributed by atoms with Gasteiger partial charge in [0.1, 0.15) is 5.75 Å². The summed E-state index contributed by atoms with van der Waals surface area (Å²) in [6.45, 7) is 3.16. The number of halogens is 1. The van der Waals surface area contributed by atoms with Gasteiger partial charge < -0.3 is 29.7 Å². The number of anilines is 1. The third kappa shape index (κ3) is 6.94. The maximum absolute atomic E-state index is 5.65. The molecule has 0 spiro atoms. The van der Waals surface area contributed by atoms with Crippen LogP contribution in [0.5, 0.6) is 17.2 Å². The Hall–Kier alpha value is -2.20. The van der Waals surface area contributed by atoms with Crippen LogP contribution in [0.1, 0.15) is 18.5 Å². The molecule has 1 unspecified atom stereocenters. The molecule has 0 saturated heterocycles. The van der Waals surface area contributed by atoms with Gasteiger partial charge in [-0.15, -0.1) is 24.0 Å². The first-order valence-corrected chi connectivity index (χ1v) is 9.61. The zero-order valence-electron chi connectivity index (χ0n) is 18.6. The molecule has 0 saturated carbocycles. The maximum Gasteiger partial charge on any atom is 0.195 e. The van der Waals surface area contributed by atoms with Crippen LogP contribution in [-0.2, 0) is 0 Å². The van der Waals surface area contributed by atoms with Gasteiger partial charge in [-0.1, -0.05) is 18.2 Å². The number of hydrogen-bond acceptors (Lipinski definition) is 5. The molecule has 2 rings (SSSR count). The molecule has 7 nitrogen and oxygen atoms in total. The van der Waals surface area contributed by atoms with E-state index in [4.69, 9.17) is 14.2 Å². The molecule has 2 aromatic rings. The molecule has 166 valence electrons. The van der Waals surface area contributed by atoms with Crippen LogP contribution >= 0.6 is 24.0 Å². The second-order valence-electron chi connectivity index (χ2n) is 6.60. The fourth-order valence-corrected chi connectivity index (χ4v) is 3.04. The molecule has 8 heteroatoms. The SMILES string of the molecule is CCOc1cc(NC(=NC)NCC(c2ccccc2OC)N(C)C)ccc1OC.I. The number of rotatable bonds is 9. The number of aliphatic imine (C=N–C) groups is 1. The van der Waals surface area contributed by atoms with Crippen LogP contribution in [0.15, 0.2) is 47.5 Å². The first-order valence-electron chi connectivity index (χ1n) is 9.61. The van der Waals surface area contributed by atoms with Gasteiger partial charge in [-0.2, -0.15) is 0 Å². The molecule has 2 aromatic carbocycles. The van der Waals surface area contributed by atoms with Gasteiger partial charge >= 0.3 is 0 Å². The van der Waals surface area contributed by atoms with E-state index in [-0.39, 0.29) is 30.0 Å². The molecule has 0 amide bonds. The Morgan fingerprint density at radius 3 is 2.33 bits per heavy atom. The summed E-state index contributed by atoms with van der Waals surface area (Å²) in [5.74, 6) is 2.92. The fourth-order valence-electron chi connectivity index (χ4n) is 3.04. The standard InChI is InChI=1S/C22H32N4O3.HI/c1-7-29-21-14-16(12-13-20(21)28-6)25-22(23-2)24-15-18(26(3)4)17-10-8-9-11-19(17)27-5;/h8-14,18H,7,15H2,1-6H3,(H2,23,24,25);1H. The quantitative estimate of drug-likeness (QED) is 0.291. The number of benzene rings is 2. The Bertz CT molecular complexity index is 815.